The monoisotopic (exact) mass is 522 g/mol. The molecule has 0 unspecified atom stereocenters. The van der Waals surface area contributed by atoms with Gasteiger partial charge in [-0.3, -0.25) is 0 Å². The Kier molecular flexibility index (Phi) is 19.9. The number of rotatable bonds is 25. The summed E-state index contributed by atoms with van der Waals surface area (Å²) in [6, 6.07) is 13.6. The molecular formula is C36H62N2+2. The summed E-state index contributed by atoms with van der Waals surface area (Å²) in [4.78, 5) is 0. The van der Waals surface area contributed by atoms with E-state index in [2.05, 4.69) is 71.8 Å². The van der Waals surface area contributed by atoms with Crippen molar-refractivity contribution in [3.05, 3.63) is 60.2 Å². The average Bonchev–Trinajstić information content (AvgIpc) is 2.95. The van der Waals surface area contributed by atoms with Gasteiger partial charge in [0.05, 0.1) is 0 Å². The molecule has 0 aromatic carbocycles. The Morgan fingerprint density at radius 3 is 1.13 bits per heavy atom. The molecule has 0 fully saturated rings. The molecule has 2 nitrogen and oxygen atoms in total. The molecule has 38 heavy (non-hydrogen) atoms. The fraction of sp³-hybridized carbons (Fsp3) is 0.722. The van der Waals surface area contributed by atoms with E-state index in [0.717, 1.165) is 0 Å². The molecule has 0 saturated heterocycles. The van der Waals surface area contributed by atoms with Crippen molar-refractivity contribution < 1.29 is 9.13 Å². The third-order valence-electron chi connectivity index (χ3n) is 8.19. The van der Waals surface area contributed by atoms with Gasteiger partial charge in [0.1, 0.15) is 13.1 Å². The fourth-order valence-electron chi connectivity index (χ4n) is 5.71. The maximum Gasteiger partial charge on any atom is 0.181 e. The van der Waals surface area contributed by atoms with E-state index in [1.165, 1.54) is 166 Å². The highest BCUT2D eigenvalue weighted by Gasteiger charge is 2.11. The second-order valence-electron chi connectivity index (χ2n) is 11.6. The van der Waals surface area contributed by atoms with Crippen LogP contribution in [0.4, 0.5) is 0 Å². The van der Waals surface area contributed by atoms with E-state index < -0.39 is 0 Å². The van der Waals surface area contributed by atoms with Crippen molar-refractivity contribution >= 4 is 0 Å². The van der Waals surface area contributed by atoms with Crippen LogP contribution in [-0.4, -0.2) is 0 Å². The minimum absolute atomic E-state index is 1.18. The first-order valence-electron chi connectivity index (χ1n) is 16.8. The molecule has 0 saturated carbocycles. The molecular weight excluding hydrogens is 460 g/mol. The Balaban J connectivity index is 1.57. The van der Waals surface area contributed by atoms with Crippen LogP contribution in [0.5, 0.6) is 0 Å². The molecule has 2 heteroatoms. The highest BCUT2D eigenvalue weighted by molar-refractivity contribution is 4.98. The third kappa shape index (κ3) is 15.6. The molecule has 2 rings (SSSR count). The molecule has 0 aliphatic carbocycles. The number of unbranched alkanes of at least 4 members (excludes halogenated alkanes) is 17. The zero-order chi connectivity index (χ0) is 26.9. The Morgan fingerprint density at radius 1 is 0.395 bits per heavy atom. The van der Waals surface area contributed by atoms with Crippen molar-refractivity contribution in [2.45, 2.75) is 168 Å². The van der Waals surface area contributed by atoms with Gasteiger partial charge >= 0.3 is 0 Å². The number of aromatic nitrogens is 2. The van der Waals surface area contributed by atoms with Crippen molar-refractivity contribution in [2.24, 2.45) is 0 Å². The molecule has 0 N–H and O–H groups in total. The lowest BCUT2D eigenvalue weighted by molar-refractivity contribution is -0.706. The van der Waals surface area contributed by atoms with Crippen LogP contribution in [0.2, 0.25) is 0 Å². The fourth-order valence-corrected chi connectivity index (χ4v) is 5.71. The van der Waals surface area contributed by atoms with E-state index in [4.69, 9.17) is 0 Å². The molecule has 2 aromatic rings. The first-order valence-corrected chi connectivity index (χ1v) is 16.8. The summed E-state index contributed by atoms with van der Waals surface area (Å²) >= 11 is 0. The van der Waals surface area contributed by atoms with E-state index in [1.807, 2.05) is 0 Å². The summed E-state index contributed by atoms with van der Waals surface area (Å²) in [5.74, 6) is 0. The molecule has 0 amide bonds. The maximum absolute atomic E-state index is 2.52. The van der Waals surface area contributed by atoms with E-state index in [0.29, 0.717) is 0 Å². The predicted octanol–water partition coefficient (Wildman–Crippen LogP) is 9.89. The molecule has 0 spiro atoms. The van der Waals surface area contributed by atoms with E-state index in [9.17, 15) is 0 Å². The first-order chi connectivity index (χ1) is 18.8. The van der Waals surface area contributed by atoms with Crippen molar-refractivity contribution in [1.29, 1.82) is 0 Å². The predicted molar refractivity (Wildman–Crippen MR) is 164 cm³/mol. The van der Waals surface area contributed by atoms with Gasteiger partial charge in [0.2, 0.25) is 0 Å². The number of pyridine rings is 2. The van der Waals surface area contributed by atoms with Gasteiger partial charge in [0.25, 0.3) is 0 Å². The molecule has 2 heterocycles. The van der Waals surface area contributed by atoms with Gasteiger partial charge in [0, 0.05) is 49.9 Å². The minimum Gasteiger partial charge on any atom is -0.202 e. The van der Waals surface area contributed by atoms with Gasteiger partial charge in [0.15, 0.2) is 23.8 Å². The molecule has 2 aromatic heterocycles. The Labute approximate surface area is 237 Å². The zero-order valence-electron chi connectivity index (χ0n) is 25.5. The molecule has 0 aliphatic rings. The van der Waals surface area contributed by atoms with E-state index in [1.54, 1.807) is 0 Å². The SMILES string of the molecule is CCCCCCCCCCc1cccc[n+]1CCCCCC[n+]1ccccc1CCCCCCCCCC. The first kappa shape index (κ1) is 32.5. The van der Waals surface area contributed by atoms with Crippen LogP contribution in [0.3, 0.4) is 0 Å². The van der Waals surface area contributed by atoms with Gasteiger partial charge < -0.3 is 0 Å². The standard InChI is InChI=1S/C36H62N2/c1-3-5-7-9-11-13-15-19-27-35-29-21-25-33-37(35)31-23-17-18-24-32-38-34-26-22-30-36(38)28-20-16-14-12-10-8-6-4-2/h21-22,25-26,29-30,33-34H,3-20,23-24,27-28,31-32H2,1-2H3/q+2. The summed E-state index contributed by atoms with van der Waals surface area (Å²) < 4.78 is 5.05. The molecule has 214 valence electrons. The van der Waals surface area contributed by atoms with Crippen molar-refractivity contribution in [3.63, 3.8) is 0 Å². The van der Waals surface area contributed by atoms with Crippen LogP contribution in [0, 0.1) is 0 Å². The van der Waals surface area contributed by atoms with Gasteiger partial charge in [-0.25, -0.2) is 9.13 Å². The zero-order valence-corrected chi connectivity index (χ0v) is 25.5. The van der Waals surface area contributed by atoms with E-state index >= 15 is 0 Å². The summed E-state index contributed by atoms with van der Waals surface area (Å²) in [5.41, 5.74) is 3.06. The van der Waals surface area contributed by atoms with Crippen LogP contribution in [0.1, 0.15) is 154 Å². The van der Waals surface area contributed by atoms with Crippen molar-refractivity contribution in [1.82, 2.24) is 0 Å². The Morgan fingerprint density at radius 2 is 0.737 bits per heavy atom. The lowest BCUT2D eigenvalue weighted by Gasteiger charge is -2.06. The normalized spacial score (nSPS) is 11.3. The second kappa shape index (κ2) is 23.2. The van der Waals surface area contributed by atoms with Gasteiger partial charge in [-0.1, -0.05) is 116 Å². The van der Waals surface area contributed by atoms with Crippen LogP contribution >= 0.6 is 0 Å². The Hall–Kier alpha value is -1.70. The summed E-state index contributed by atoms with van der Waals surface area (Å²) in [6.45, 7) is 6.95. The van der Waals surface area contributed by atoms with Gasteiger partial charge in [-0.05, 0) is 25.7 Å². The smallest absolute Gasteiger partial charge is 0.181 e. The summed E-state index contributed by atoms with van der Waals surface area (Å²) in [6.07, 6.45) is 34.7. The number of hydrogen-bond donors (Lipinski definition) is 0. The highest BCUT2D eigenvalue weighted by atomic mass is 15.0. The number of aryl methyl sites for hydroxylation is 4. The molecule has 0 aliphatic heterocycles. The maximum atomic E-state index is 2.52. The lowest BCUT2D eigenvalue weighted by Crippen LogP contribution is -2.38. The summed E-state index contributed by atoms with van der Waals surface area (Å²) in [5, 5.41) is 0. The van der Waals surface area contributed by atoms with Gasteiger partial charge in [-0.2, -0.15) is 0 Å². The largest absolute Gasteiger partial charge is 0.202 e. The number of nitrogens with zero attached hydrogens (tertiary/aromatic N) is 2. The number of hydrogen-bond acceptors (Lipinski definition) is 0. The van der Waals surface area contributed by atoms with Gasteiger partial charge in [-0.15, -0.1) is 0 Å². The topological polar surface area (TPSA) is 7.76 Å². The third-order valence-corrected chi connectivity index (χ3v) is 8.19. The summed E-state index contributed by atoms with van der Waals surface area (Å²) in [7, 11) is 0. The van der Waals surface area contributed by atoms with Crippen molar-refractivity contribution in [3.8, 4) is 0 Å². The quantitative estimate of drug-likeness (QED) is 0.0905. The van der Waals surface area contributed by atoms with E-state index in [-0.39, 0.29) is 0 Å². The van der Waals surface area contributed by atoms with Crippen LogP contribution in [-0.2, 0) is 25.9 Å². The molecule has 0 atom stereocenters. The Bertz CT molecular complexity index is 732. The van der Waals surface area contributed by atoms with Crippen LogP contribution in [0.15, 0.2) is 48.8 Å². The minimum atomic E-state index is 1.18. The average molecular weight is 523 g/mol. The molecule has 0 radical (unpaired) electrons. The van der Waals surface area contributed by atoms with Crippen LogP contribution in [0.25, 0.3) is 0 Å². The van der Waals surface area contributed by atoms with Crippen LogP contribution < -0.4 is 9.13 Å². The second-order valence-corrected chi connectivity index (χ2v) is 11.6. The molecule has 0 bridgehead atoms. The highest BCUT2D eigenvalue weighted by Crippen LogP contribution is 2.12. The lowest BCUT2D eigenvalue weighted by atomic mass is 10.1. The van der Waals surface area contributed by atoms with Crippen molar-refractivity contribution in [2.75, 3.05) is 0 Å².